The summed E-state index contributed by atoms with van der Waals surface area (Å²) in [6.45, 7) is 3.99. The number of amides is 1. The molecule has 1 fully saturated rings. The number of carbonyl (C=O) groups is 1. The molecule has 1 aromatic rings. The Labute approximate surface area is 109 Å². The maximum Gasteiger partial charge on any atom is 0.224 e. The molecule has 3 heteroatoms. The smallest absolute Gasteiger partial charge is 0.224 e. The molecule has 98 valence electrons. The van der Waals surface area contributed by atoms with Crippen molar-refractivity contribution in [3.63, 3.8) is 0 Å². The first kappa shape index (κ1) is 13.1. The summed E-state index contributed by atoms with van der Waals surface area (Å²) in [5.41, 5.74) is 7.13. The van der Waals surface area contributed by atoms with Gasteiger partial charge < -0.3 is 10.6 Å². The SMILES string of the molecule is C[C@@H]1CCCN(C(=O)C[C@@H](N)c2ccccc2)C1. The topological polar surface area (TPSA) is 46.3 Å². The number of hydrogen-bond donors (Lipinski definition) is 1. The minimum atomic E-state index is -0.184. The Bertz CT molecular complexity index is 391. The van der Waals surface area contributed by atoms with Crippen molar-refractivity contribution in [2.75, 3.05) is 13.1 Å². The van der Waals surface area contributed by atoms with Crippen molar-refractivity contribution in [2.24, 2.45) is 11.7 Å². The van der Waals surface area contributed by atoms with Crippen molar-refractivity contribution in [3.8, 4) is 0 Å². The molecule has 0 aliphatic carbocycles. The van der Waals surface area contributed by atoms with Crippen LogP contribution in [-0.4, -0.2) is 23.9 Å². The van der Waals surface area contributed by atoms with Crippen LogP contribution in [-0.2, 0) is 4.79 Å². The number of piperidine rings is 1. The van der Waals surface area contributed by atoms with Crippen LogP contribution in [0.1, 0.15) is 37.8 Å². The predicted molar refractivity (Wildman–Crippen MR) is 73.0 cm³/mol. The average Bonchev–Trinajstić information content (AvgIpc) is 2.39. The van der Waals surface area contributed by atoms with E-state index < -0.39 is 0 Å². The van der Waals surface area contributed by atoms with Gasteiger partial charge in [-0.25, -0.2) is 0 Å². The highest BCUT2D eigenvalue weighted by Crippen LogP contribution is 2.19. The molecule has 0 unspecified atom stereocenters. The van der Waals surface area contributed by atoms with E-state index in [4.69, 9.17) is 5.73 Å². The van der Waals surface area contributed by atoms with Gasteiger partial charge in [0.15, 0.2) is 0 Å². The van der Waals surface area contributed by atoms with Gasteiger partial charge in [0.2, 0.25) is 5.91 Å². The number of rotatable bonds is 3. The standard InChI is InChI=1S/C15H22N2O/c1-12-6-5-9-17(11-12)15(18)10-14(16)13-7-3-2-4-8-13/h2-4,7-8,12,14H,5-6,9-11,16H2,1H3/t12-,14-/m1/s1. The summed E-state index contributed by atoms with van der Waals surface area (Å²) in [5.74, 6) is 0.813. The average molecular weight is 246 g/mol. The van der Waals surface area contributed by atoms with Crippen molar-refractivity contribution >= 4 is 5.91 Å². The molecule has 18 heavy (non-hydrogen) atoms. The Hall–Kier alpha value is -1.35. The van der Waals surface area contributed by atoms with Gasteiger partial charge in [-0.05, 0) is 24.3 Å². The van der Waals surface area contributed by atoms with Crippen LogP contribution < -0.4 is 5.73 Å². The van der Waals surface area contributed by atoms with Crippen molar-refractivity contribution in [2.45, 2.75) is 32.2 Å². The van der Waals surface area contributed by atoms with Gasteiger partial charge in [-0.1, -0.05) is 37.3 Å². The molecule has 1 saturated heterocycles. The van der Waals surface area contributed by atoms with Gasteiger partial charge in [-0.15, -0.1) is 0 Å². The number of nitrogens with two attached hydrogens (primary N) is 1. The molecule has 0 saturated carbocycles. The van der Waals surface area contributed by atoms with Gasteiger partial charge in [-0.2, -0.15) is 0 Å². The van der Waals surface area contributed by atoms with Crippen LogP contribution in [0.3, 0.4) is 0 Å². The molecule has 0 spiro atoms. The van der Waals surface area contributed by atoms with Crippen LogP contribution in [0.15, 0.2) is 30.3 Å². The fourth-order valence-corrected chi connectivity index (χ4v) is 2.55. The first-order chi connectivity index (χ1) is 8.66. The lowest BCUT2D eigenvalue weighted by atomic mass is 9.98. The summed E-state index contributed by atoms with van der Waals surface area (Å²) in [7, 11) is 0. The van der Waals surface area contributed by atoms with E-state index in [0.29, 0.717) is 12.3 Å². The second kappa shape index (κ2) is 6.01. The third kappa shape index (κ3) is 3.33. The van der Waals surface area contributed by atoms with Crippen molar-refractivity contribution in [3.05, 3.63) is 35.9 Å². The second-order valence-corrected chi connectivity index (χ2v) is 5.31. The molecule has 1 aromatic carbocycles. The summed E-state index contributed by atoms with van der Waals surface area (Å²) in [6.07, 6.45) is 2.76. The molecule has 2 rings (SSSR count). The maximum absolute atomic E-state index is 12.2. The first-order valence-electron chi connectivity index (χ1n) is 6.75. The zero-order chi connectivity index (χ0) is 13.0. The van der Waals surface area contributed by atoms with E-state index in [-0.39, 0.29) is 11.9 Å². The number of hydrogen-bond acceptors (Lipinski definition) is 2. The number of nitrogens with zero attached hydrogens (tertiary/aromatic N) is 1. The largest absolute Gasteiger partial charge is 0.342 e. The van der Waals surface area contributed by atoms with Crippen LogP contribution in [0.2, 0.25) is 0 Å². The third-order valence-electron chi connectivity index (χ3n) is 3.63. The van der Waals surface area contributed by atoms with E-state index in [9.17, 15) is 4.79 Å². The van der Waals surface area contributed by atoms with Gasteiger partial charge in [0, 0.05) is 25.6 Å². The van der Waals surface area contributed by atoms with Crippen molar-refractivity contribution in [1.82, 2.24) is 4.90 Å². The summed E-state index contributed by atoms with van der Waals surface area (Å²) >= 11 is 0. The van der Waals surface area contributed by atoms with Crippen molar-refractivity contribution in [1.29, 1.82) is 0 Å². The zero-order valence-electron chi connectivity index (χ0n) is 11.0. The van der Waals surface area contributed by atoms with E-state index in [1.165, 1.54) is 6.42 Å². The molecular formula is C15H22N2O. The molecule has 2 atom stereocenters. The molecule has 3 nitrogen and oxygen atoms in total. The number of likely N-dealkylation sites (tertiary alicyclic amines) is 1. The Morgan fingerprint density at radius 2 is 2.17 bits per heavy atom. The van der Waals surface area contributed by atoms with Gasteiger partial charge in [0.05, 0.1) is 0 Å². The number of carbonyl (C=O) groups excluding carboxylic acids is 1. The molecule has 2 N–H and O–H groups in total. The summed E-state index contributed by atoms with van der Waals surface area (Å²) in [5, 5.41) is 0. The molecule has 0 bridgehead atoms. The van der Waals surface area contributed by atoms with E-state index in [1.807, 2.05) is 35.2 Å². The number of benzene rings is 1. The maximum atomic E-state index is 12.2. The monoisotopic (exact) mass is 246 g/mol. The fraction of sp³-hybridized carbons (Fsp3) is 0.533. The van der Waals surface area contributed by atoms with E-state index in [0.717, 1.165) is 25.1 Å². The van der Waals surface area contributed by atoms with Crippen molar-refractivity contribution < 1.29 is 4.79 Å². The normalized spacial score (nSPS) is 21.7. The van der Waals surface area contributed by atoms with Gasteiger partial charge in [-0.3, -0.25) is 4.79 Å². The highest BCUT2D eigenvalue weighted by atomic mass is 16.2. The van der Waals surface area contributed by atoms with E-state index in [1.54, 1.807) is 0 Å². The quantitative estimate of drug-likeness (QED) is 0.889. The minimum absolute atomic E-state index is 0.184. The van der Waals surface area contributed by atoms with Gasteiger partial charge >= 0.3 is 0 Å². The third-order valence-corrected chi connectivity index (χ3v) is 3.63. The predicted octanol–water partition coefficient (Wildman–Crippen LogP) is 2.34. The van der Waals surface area contributed by atoms with Crippen LogP contribution in [0.25, 0.3) is 0 Å². The molecule has 1 amide bonds. The zero-order valence-corrected chi connectivity index (χ0v) is 11.0. The van der Waals surface area contributed by atoms with Crippen LogP contribution >= 0.6 is 0 Å². The van der Waals surface area contributed by atoms with E-state index in [2.05, 4.69) is 6.92 Å². The highest BCUT2D eigenvalue weighted by molar-refractivity contribution is 5.77. The van der Waals surface area contributed by atoms with Gasteiger partial charge in [0.25, 0.3) is 0 Å². The fourth-order valence-electron chi connectivity index (χ4n) is 2.55. The van der Waals surface area contributed by atoms with Crippen LogP contribution in [0, 0.1) is 5.92 Å². The summed E-state index contributed by atoms with van der Waals surface area (Å²) in [4.78, 5) is 14.1. The van der Waals surface area contributed by atoms with E-state index >= 15 is 0 Å². The second-order valence-electron chi connectivity index (χ2n) is 5.31. The molecule has 0 aromatic heterocycles. The van der Waals surface area contributed by atoms with Crippen LogP contribution in [0.4, 0.5) is 0 Å². The lowest BCUT2D eigenvalue weighted by molar-refractivity contribution is -0.133. The summed E-state index contributed by atoms with van der Waals surface area (Å²) in [6, 6.07) is 9.67. The van der Waals surface area contributed by atoms with Crippen LogP contribution in [0.5, 0.6) is 0 Å². The molecule has 1 aliphatic rings. The molecule has 1 aliphatic heterocycles. The Kier molecular flexibility index (Phi) is 4.37. The molecular weight excluding hydrogens is 224 g/mol. The molecule has 0 radical (unpaired) electrons. The Morgan fingerprint density at radius 3 is 2.83 bits per heavy atom. The Morgan fingerprint density at radius 1 is 1.44 bits per heavy atom. The molecule has 1 heterocycles. The van der Waals surface area contributed by atoms with Gasteiger partial charge in [0.1, 0.15) is 0 Å². The Balaban J connectivity index is 1.91. The first-order valence-corrected chi connectivity index (χ1v) is 6.75. The summed E-state index contributed by atoms with van der Waals surface area (Å²) < 4.78 is 0. The minimum Gasteiger partial charge on any atom is -0.342 e. The lowest BCUT2D eigenvalue weighted by Crippen LogP contribution is -2.40. The lowest BCUT2D eigenvalue weighted by Gasteiger charge is -2.31. The highest BCUT2D eigenvalue weighted by Gasteiger charge is 2.22.